The number of carbonyl (C=O) groups excluding carboxylic acids is 1. The smallest absolute Gasteiger partial charge is 0.412 e. The van der Waals surface area contributed by atoms with E-state index in [-0.39, 0.29) is 26.4 Å². The summed E-state index contributed by atoms with van der Waals surface area (Å²) in [6.07, 6.45) is 1.06. The lowest BCUT2D eigenvalue weighted by Gasteiger charge is -2.18. The van der Waals surface area contributed by atoms with Crippen molar-refractivity contribution in [1.82, 2.24) is 0 Å². The number of hydrogen-bond donors (Lipinski definition) is 3. The van der Waals surface area contributed by atoms with Crippen molar-refractivity contribution >= 4 is 17.7 Å². The Labute approximate surface area is 172 Å². The largest absolute Gasteiger partial charge is 0.491 e. The molecule has 0 saturated heterocycles. The summed E-state index contributed by atoms with van der Waals surface area (Å²) in [5.74, 6) is 0.500. The Morgan fingerprint density at radius 1 is 1.17 bits per heavy atom. The van der Waals surface area contributed by atoms with Gasteiger partial charge in [0.2, 0.25) is 6.79 Å². The first-order chi connectivity index (χ1) is 14.5. The lowest BCUT2D eigenvalue weighted by atomic mass is 10.1. The fourth-order valence-electron chi connectivity index (χ4n) is 2.76. The first-order valence-electron chi connectivity index (χ1n) is 9.15. The summed E-state index contributed by atoms with van der Waals surface area (Å²) in [6, 6.07) is 11.8. The molecule has 3 rings (SSSR count). The quantitative estimate of drug-likeness (QED) is 0.534. The van der Waals surface area contributed by atoms with Gasteiger partial charge in [0.05, 0.1) is 6.61 Å². The number of rotatable bonds is 9. The van der Waals surface area contributed by atoms with Crippen LogP contribution in [0, 0.1) is 0 Å². The van der Waals surface area contributed by atoms with Crippen molar-refractivity contribution in [3.63, 3.8) is 0 Å². The lowest BCUT2D eigenvalue weighted by molar-refractivity contribution is -0.131. The number of amides is 1. The van der Waals surface area contributed by atoms with Crippen LogP contribution in [0.3, 0.4) is 0 Å². The summed E-state index contributed by atoms with van der Waals surface area (Å²) in [7, 11) is 0. The first-order valence-corrected chi connectivity index (χ1v) is 9.15. The summed E-state index contributed by atoms with van der Waals surface area (Å²) in [5, 5.41) is 20.3. The molecule has 0 radical (unpaired) electrons. The molecule has 0 unspecified atom stereocenters. The highest BCUT2D eigenvalue weighted by Gasteiger charge is 2.19. The van der Waals surface area contributed by atoms with Crippen LogP contribution in [-0.4, -0.2) is 42.3 Å². The van der Waals surface area contributed by atoms with Gasteiger partial charge in [-0.15, -0.1) is 0 Å². The predicted molar refractivity (Wildman–Crippen MR) is 106 cm³/mol. The van der Waals surface area contributed by atoms with E-state index < -0.39 is 18.2 Å². The Morgan fingerprint density at radius 3 is 2.80 bits per heavy atom. The van der Waals surface area contributed by atoms with Gasteiger partial charge in [-0.1, -0.05) is 18.2 Å². The van der Waals surface area contributed by atoms with Gasteiger partial charge in [-0.05, 0) is 29.8 Å². The number of carboxylic acids is 1. The number of carboxylic acid groups (broad SMARTS) is 1. The molecule has 0 aromatic heterocycles. The molecule has 9 heteroatoms. The van der Waals surface area contributed by atoms with Crippen molar-refractivity contribution in [1.29, 1.82) is 0 Å². The molecule has 3 N–H and O–H groups in total. The average molecular weight is 415 g/mol. The summed E-state index contributed by atoms with van der Waals surface area (Å²) in [5.41, 5.74) is 1.07. The van der Waals surface area contributed by atoms with E-state index in [0.717, 1.165) is 6.08 Å². The molecule has 1 aliphatic rings. The van der Waals surface area contributed by atoms with Gasteiger partial charge in [0.25, 0.3) is 0 Å². The lowest BCUT2D eigenvalue weighted by Crippen LogP contribution is -2.17. The van der Waals surface area contributed by atoms with E-state index in [0.29, 0.717) is 28.5 Å². The molecule has 0 saturated carbocycles. The minimum atomic E-state index is -1.10. The molecule has 0 bridgehead atoms. The summed E-state index contributed by atoms with van der Waals surface area (Å²) in [6.45, 7) is 0.109. The second-order valence-corrected chi connectivity index (χ2v) is 6.21. The third-order valence-electron chi connectivity index (χ3n) is 4.07. The number of aliphatic hydroxyl groups is 1. The number of benzene rings is 2. The highest BCUT2D eigenvalue weighted by molar-refractivity contribution is 5.85. The van der Waals surface area contributed by atoms with Gasteiger partial charge in [0.15, 0.2) is 11.5 Å². The van der Waals surface area contributed by atoms with E-state index in [1.807, 2.05) is 0 Å². The van der Waals surface area contributed by atoms with E-state index in [4.69, 9.17) is 29.2 Å². The van der Waals surface area contributed by atoms with Crippen molar-refractivity contribution < 1.29 is 38.7 Å². The fraction of sp³-hybridized carbons (Fsp3) is 0.238. The average Bonchev–Trinajstić information content (AvgIpc) is 3.19. The van der Waals surface area contributed by atoms with E-state index in [1.165, 1.54) is 6.08 Å². The zero-order valence-corrected chi connectivity index (χ0v) is 15.9. The standard InChI is InChI=1S/C21H21NO8/c23-9-10-27-16-4-1-3-14(11-16)17(5-2-6-20(24)25)30-21(26)22-15-7-8-18-19(12-15)29-13-28-18/h1-4,6-8,11-12,17,23H,5,9-10,13H2,(H,22,26)(H,24,25)/b6-2+/t17-/m0/s1. The van der Waals surface area contributed by atoms with Crippen molar-refractivity contribution in [3.8, 4) is 17.2 Å². The molecular formula is C21H21NO8. The highest BCUT2D eigenvalue weighted by atomic mass is 16.7. The summed E-state index contributed by atoms with van der Waals surface area (Å²) < 4.78 is 21.4. The van der Waals surface area contributed by atoms with Gasteiger partial charge in [0, 0.05) is 24.3 Å². The van der Waals surface area contributed by atoms with E-state index in [1.54, 1.807) is 42.5 Å². The second kappa shape index (κ2) is 10.2. The Morgan fingerprint density at radius 2 is 2.00 bits per heavy atom. The number of carbonyl (C=O) groups is 2. The van der Waals surface area contributed by atoms with Gasteiger partial charge < -0.3 is 29.2 Å². The van der Waals surface area contributed by atoms with Crippen LogP contribution in [0.2, 0.25) is 0 Å². The number of anilines is 1. The van der Waals surface area contributed by atoms with Gasteiger partial charge >= 0.3 is 12.1 Å². The van der Waals surface area contributed by atoms with Crippen molar-refractivity contribution in [2.75, 3.05) is 25.3 Å². The van der Waals surface area contributed by atoms with Crippen LogP contribution in [-0.2, 0) is 9.53 Å². The van der Waals surface area contributed by atoms with Crippen molar-refractivity contribution in [2.45, 2.75) is 12.5 Å². The molecule has 0 spiro atoms. The number of hydrogen-bond acceptors (Lipinski definition) is 7. The van der Waals surface area contributed by atoms with Gasteiger partial charge in [-0.3, -0.25) is 5.32 Å². The number of aliphatic hydroxyl groups excluding tert-OH is 1. The van der Waals surface area contributed by atoms with E-state index >= 15 is 0 Å². The Bertz CT molecular complexity index is 927. The van der Waals surface area contributed by atoms with E-state index in [2.05, 4.69) is 5.32 Å². The van der Waals surface area contributed by atoms with Crippen molar-refractivity contribution in [2.24, 2.45) is 0 Å². The predicted octanol–water partition coefficient (Wildman–Crippen LogP) is 3.11. The Balaban J connectivity index is 1.71. The third kappa shape index (κ3) is 5.89. The Kier molecular flexibility index (Phi) is 7.12. The van der Waals surface area contributed by atoms with E-state index in [9.17, 15) is 9.59 Å². The zero-order valence-electron chi connectivity index (χ0n) is 15.9. The molecule has 0 aliphatic carbocycles. The molecule has 158 valence electrons. The Hall–Kier alpha value is -3.72. The molecule has 1 atom stereocenters. The molecular weight excluding hydrogens is 394 g/mol. The summed E-state index contributed by atoms with van der Waals surface area (Å²) in [4.78, 5) is 23.2. The minimum Gasteiger partial charge on any atom is -0.491 e. The first kappa shape index (κ1) is 21.0. The van der Waals surface area contributed by atoms with Gasteiger partial charge in [-0.2, -0.15) is 0 Å². The molecule has 1 heterocycles. The normalized spacial score (nSPS) is 13.1. The molecule has 2 aromatic rings. The monoisotopic (exact) mass is 415 g/mol. The van der Waals surface area contributed by atoms with Crippen LogP contribution in [0.1, 0.15) is 18.1 Å². The molecule has 0 fully saturated rings. The number of fused-ring (bicyclic) bond motifs is 1. The number of nitrogens with one attached hydrogen (secondary N) is 1. The van der Waals surface area contributed by atoms with Gasteiger partial charge in [0.1, 0.15) is 18.5 Å². The number of aliphatic carboxylic acids is 1. The fourth-order valence-corrected chi connectivity index (χ4v) is 2.76. The van der Waals surface area contributed by atoms with Gasteiger partial charge in [-0.25, -0.2) is 9.59 Å². The van der Waals surface area contributed by atoms with Crippen LogP contribution < -0.4 is 19.5 Å². The molecule has 1 aliphatic heterocycles. The minimum absolute atomic E-state index is 0.121. The van der Waals surface area contributed by atoms with Crippen LogP contribution in [0.25, 0.3) is 0 Å². The van der Waals surface area contributed by atoms with Crippen LogP contribution in [0.15, 0.2) is 54.6 Å². The molecule has 30 heavy (non-hydrogen) atoms. The molecule has 1 amide bonds. The van der Waals surface area contributed by atoms with Crippen LogP contribution in [0.4, 0.5) is 10.5 Å². The SMILES string of the molecule is O=C(O)/C=C/C[C@H](OC(=O)Nc1ccc2c(c1)OCO2)c1cccc(OCCO)c1. The maximum atomic E-state index is 12.4. The second-order valence-electron chi connectivity index (χ2n) is 6.21. The highest BCUT2D eigenvalue weighted by Crippen LogP contribution is 2.34. The molecule has 2 aromatic carbocycles. The number of ether oxygens (including phenoxy) is 4. The topological polar surface area (TPSA) is 124 Å². The van der Waals surface area contributed by atoms with Crippen LogP contribution in [0.5, 0.6) is 17.2 Å². The third-order valence-corrected chi connectivity index (χ3v) is 4.07. The van der Waals surface area contributed by atoms with Crippen molar-refractivity contribution in [3.05, 3.63) is 60.2 Å². The molecule has 9 nitrogen and oxygen atoms in total. The summed E-state index contributed by atoms with van der Waals surface area (Å²) >= 11 is 0. The maximum Gasteiger partial charge on any atom is 0.412 e. The zero-order chi connectivity index (χ0) is 21.3. The van der Waals surface area contributed by atoms with Crippen LogP contribution >= 0.6 is 0 Å². The maximum absolute atomic E-state index is 12.4.